The number of carbonyl (C=O) groups is 2. The highest BCUT2D eigenvalue weighted by Crippen LogP contribution is 2.48. The van der Waals surface area contributed by atoms with Gasteiger partial charge in [0.2, 0.25) is 6.79 Å². The third kappa shape index (κ3) is 17.7. The highest BCUT2D eigenvalue weighted by atomic mass is 35.5. The van der Waals surface area contributed by atoms with E-state index in [0.29, 0.717) is 17.9 Å². The van der Waals surface area contributed by atoms with Crippen molar-refractivity contribution in [3.63, 3.8) is 0 Å². The molecule has 2 aromatic rings. The Kier molecular flexibility index (Phi) is 24.2. The summed E-state index contributed by atoms with van der Waals surface area (Å²) in [6.45, 7) is 24.6. The number of hydrogen-bond donors (Lipinski definition) is 3. The van der Waals surface area contributed by atoms with Gasteiger partial charge in [0.25, 0.3) is 0 Å². The van der Waals surface area contributed by atoms with E-state index in [1.807, 2.05) is 38.1 Å². The number of aryl methyl sites for hydroxylation is 2. The number of ether oxygens (including phenoxy) is 5. The first-order valence-corrected chi connectivity index (χ1v) is 22.5. The predicted molar refractivity (Wildman–Crippen MR) is 245 cm³/mol. The maximum atomic E-state index is 11.5. The summed E-state index contributed by atoms with van der Waals surface area (Å²) in [6, 6.07) is 7.32. The van der Waals surface area contributed by atoms with Crippen LogP contribution in [0.3, 0.4) is 0 Å². The number of halogens is 1. The third-order valence-electron chi connectivity index (χ3n) is 11.0. The fourth-order valence-corrected chi connectivity index (χ4v) is 8.00. The molecule has 0 radical (unpaired) electrons. The van der Waals surface area contributed by atoms with Gasteiger partial charge in [0.05, 0.1) is 13.2 Å². The average Bonchev–Trinajstić information content (AvgIpc) is 3.18. The standard InChI is InChI=1S/C25H36O5.C21H30O2.C4H7ClO3/c1-6-8-9-10-19-14-22(26)24(21-13-18(5)11-12-20(21)17(3)4)23(15-19)29-16-30-25(27)28-7-2;1-5-6-7-8-16-12-19(22)21(20(23)13-16)18-11-15(4)9-10-17(18)14(2)3;1-2-7-4(6)8-3-5/h13-15,20-21,26H,3,6-12,16H2,1-2,4-5H3;11-13,17-18,22-23H,2,5-10H2,1,3-4H3;2-3H2,1H3/t20-,21+;17-,18+;/m00./s1. The summed E-state index contributed by atoms with van der Waals surface area (Å²) in [5, 5.41) is 32.1. The van der Waals surface area contributed by atoms with Crippen molar-refractivity contribution in [1.82, 2.24) is 0 Å². The Bertz CT molecular complexity index is 1750. The van der Waals surface area contributed by atoms with Gasteiger partial charge in [-0.3, -0.25) is 0 Å². The van der Waals surface area contributed by atoms with Crippen LogP contribution < -0.4 is 4.74 Å². The molecule has 10 nitrogen and oxygen atoms in total. The molecule has 0 bridgehead atoms. The van der Waals surface area contributed by atoms with Crippen molar-refractivity contribution in [3.05, 3.63) is 94.1 Å². The number of hydrogen-bond acceptors (Lipinski definition) is 10. The summed E-state index contributed by atoms with van der Waals surface area (Å²) >= 11 is 5.01. The Hall–Kier alpha value is -4.57. The highest BCUT2D eigenvalue weighted by molar-refractivity contribution is 6.17. The molecular formula is C50H73ClO10. The van der Waals surface area contributed by atoms with Crippen LogP contribution in [0.5, 0.6) is 23.0 Å². The first-order chi connectivity index (χ1) is 29.1. The van der Waals surface area contributed by atoms with E-state index in [0.717, 1.165) is 92.0 Å². The van der Waals surface area contributed by atoms with Crippen LogP contribution >= 0.6 is 11.6 Å². The lowest BCUT2D eigenvalue weighted by atomic mass is 9.73. The zero-order chi connectivity index (χ0) is 45.5. The first-order valence-electron chi connectivity index (χ1n) is 22.0. The smallest absolute Gasteiger partial charge is 0.507 e. The van der Waals surface area contributed by atoms with Gasteiger partial charge in [-0.05, 0) is 140 Å². The fraction of sp³-hybridized carbons (Fsp3) is 0.560. The zero-order valence-corrected chi connectivity index (χ0v) is 38.8. The molecule has 2 aliphatic carbocycles. The van der Waals surface area contributed by atoms with Crippen molar-refractivity contribution in [2.45, 2.75) is 144 Å². The van der Waals surface area contributed by atoms with Gasteiger partial charge in [-0.25, -0.2) is 9.59 Å². The Morgan fingerprint density at radius 1 is 0.656 bits per heavy atom. The van der Waals surface area contributed by atoms with Gasteiger partial charge in [0, 0.05) is 23.0 Å². The number of phenolic OH excluding ortho intramolecular Hbond substituents is 3. The SMILES string of the molecule is C=C(C)[C@@H]1CCC(C)=C[C@H]1c1c(O)cc(CCCCC)cc1O.C=C(C)[C@@H]1CCC(C)=C[C@H]1c1c(O)cc(CCCCC)cc1OCOC(=O)OCC.CCOC(=O)OCCl. The molecule has 4 rings (SSSR count). The van der Waals surface area contributed by atoms with E-state index < -0.39 is 12.3 Å². The molecular weight excluding hydrogens is 796 g/mol. The summed E-state index contributed by atoms with van der Waals surface area (Å²) in [4.78, 5) is 21.6. The van der Waals surface area contributed by atoms with Gasteiger partial charge in [0.1, 0.15) is 23.0 Å². The number of aromatic hydroxyl groups is 3. The van der Waals surface area contributed by atoms with Crippen LogP contribution in [-0.4, -0.2) is 53.7 Å². The summed E-state index contributed by atoms with van der Waals surface area (Å²) in [7, 11) is 0. The third-order valence-corrected chi connectivity index (χ3v) is 11.1. The molecule has 0 heterocycles. The second-order valence-corrected chi connectivity index (χ2v) is 16.3. The number of allylic oxidation sites excluding steroid dienone is 6. The largest absolute Gasteiger partial charge is 0.511 e. The molecule has 0 spiro atoms. The van der Waals surface area contributed by atoms with E-state index in [-0.39, 0.29) is 60.4 Å². The Morgan fingerprint density at radius 3 is 1.51 bits per heavy atom. The lowest BCUT2D eigenvalue weighted by Crippen LogP contribution is -2.19. The van der Waals surface area contributed by atoms with Crippen LogP contribution in [0.4, 0.5) is 9.59 Å². The molecule has 2 aromatic carbocycles. The minimum atomic E-state index is -0.768. The quantitative estimate of drug-likeness (QED) is 0.0436. The van der Waals surface area contributed by atoms with Crippen molar-refractivity contribution in [2.24, 2.45) is 11.8 Å². The molecule has 0 aliphatic heterocycles. The van der Waals surface area contributed by atoms with E-state index in [1.54, 1.807) is 13.8 Å². The molecule has 11 heteroatoms. The molecule has 2 aliphatic rings. The zero-order valence-electron chi connectivity index (χ0n) is 38.1. The Morgan fingerprint density at radius 2 is 1.08 bits per heavy atom. The summed E-state index contributed by atoms with van der Waals surface area (Å²) < 4.78 is 24.2. The number of alkyl halides is 1. The van der Waals surface area contributed by atoms with Crippen molar-refractivity contribution in [2.75, 3.05) is 26.1 Å². The van der Waals surface area contributed by atoms with Crippen LogP contribution in [0.15, 0.2) is 71.9 Å². The maximum absolute atomic E-state index is 11.5. The normalized spacial score (nSPS) is 18.1. The molecule has 4 atom stereocenters. The monoisotopic (exact) mass is 868 g/mol. The van der Waals surface area contributed by atoms with Crippen molar-refractivity contribution < 1.29 is 48.6 Å². The molecule has 0 saturated heterocycles. The Labute approximate surface area is 370 Å². The molecule has 0 saturated carbocycles. The number of carbonyl (C=O) groups excluding carboxylic acids is 2. The molecule has 61 heavy (non-hydrogen) atoms. The molecule has 0 aromatic heterocycles. The van der Waals surface area contributed by atoms with E-state index >= 15 is 0 Å². The van der Waals surface area contributed by atoms with Crippen LogP contribution in [-0.2, 0) is 31.8 Å². The lowest BCUT2D eigenvalue weighted by Gasteiger charge is -2.32. The summed E-state index contributed by atoms with van der Waals surface area (Å²) in [6.07, 6.45) is 15.5. The molecule has 0 fully saturated rings. The topological polar surface area (TPSA) is 141 Å². The summed E-state index contributed by atoms with van der Waals surface area (Å²) in [5.74, 6) is 1.70. The second-order valence-electron chi connectivity index (χ2n) is 16.1. The number of unbranched alkanes of at least 4 members (excludes halogenated alkanes) is 4. The average molecular weight is 870 g/mol. The molecule has 340 valence electrons. The minimum Gasteiger partial charge on any atom is -0.507 e. The highest BCUT2D eigenvalue weighted by Gasteiger charge is 2.32. The van der Waals surface area contributed by atoms with E-state index in [2.05, 4.69) is 62.5 Å². The van der Waals surface area contributed by atoms with Crippen LogP contribution in [0, 0.1) is 11.8 Å². The van der Waals surface area contributed by atoms with Gasteiger partial charge < -0.3 is 39.0 Å². The van der Waals surface area contributed by atoms with Crippen molar-refractivity contribution >= 4 is 23.9 Å². The van der Waals surface area contributed by atoms with Crippen LogP contribution in [0.2, 0.25) is 0 Å². The fourth-order valence-electron chi connectivity index (χ4n) is 7.91. The molecule has 0 unspecified atom stereocenters. The maximum Gasteiger partial charge on any atom is 0.511 e. The minimum absolute atomic E-state index is 0.0194. The van der Waals surface area contributed by atoms with Crippen molar-refractivity contribution in [3.8, 4) is 23.0 Å². The van der Waals surface area contributed by atoms with Gasteiger partial charge in [0.15, 0.2) is 6.07 Å². The van der Waals surface area contributed by atoms with E-state index in [4.69, 9.17) is 25.8 Å². The van der Waals surface area contributed by atoms with Gasteiger partial charge in [-0.1, -0.05) is 98.7 Å². The molecule has 3 N–H and O–H groups in total. The van der Waals surface area contributed by atoms with Gasteiger partial charge >= 0.3 is 12.3 Å². The van der Waals surface area contributed by atoms with Crippen LogP contribution in [0.1, 0.15) is 154 Å². The lowest BCUT2D eigenvalue weighted by molar-refractivity contribution is 0.00632. The van der Waals surface area contributed by atoms with E-state index in [1.165, 1.54) is 24.0 Å². The van der Waals surface area contributed by atoms with E-state index in [9.17, 15) is 24.9 Å². The number of rotatable bonds is 18. The van der Waals surface area contributed by atoms with Crippen molar-refractivity contribution in [1.29, 1.82) is 0 Å². The Balaban J connectivity index is 0.000000364. The van der Waals surface area contributed by atoms with Gasteiger partial charge in [-0.2, -0.15) is 0 Å². The molecule has 0 amide bonds. The number of phenols is 3. The van der Waals surface area contributed by atoms with Crippen LogP contribution in [0.25, 0.3) is 0 Å². The number of benzene rings is 2. The predicted octanol–water partition coefficient (Wildman–Crippen LogP) is 13.9. The van der Waals surface area contributed by atoms with Gasteiger partial charge in [-0.15, -0.1) is 0 Å². The first kappa shape index (κ1) is 52.6. The second kappa shape index (κ2) is 28.1. The summed E-state index contributed by atoms with van der Waals surface area (Å²) in [5.41, 5.74) is 8.23.